The zero-order chi connectivity index (χ0) is 25.1. The van der Waals surface area contributed by atoms with Crippen LogP contribution in [0.15, 0.2) is 109 Å². The van der Waals surface area contributed by atoms with Crippen LogP contribution in [0.4, 0.5) is 0 Å². The Bertz CT molecular complexity index is 1820. The summed E-state index contributed by atoms with van der Waals surface area (Å²) in [6, 6.07) is 38.8. The van der Waals surface area contributed by atoms with Gasteiger partial charge in [-0.1, -0.05) is 80.6 Å². The molecular weight excluding hydrogens is 453 g/mol. The first-order valence-electron chi connectivity index (χ1n) is 12.7. The van der Waals surface area contributed by atoms with E-state index in [4.69, 9.17) is 4.65 Å². The second-order valence-electron chi connectivity index (χ2n) is 10.3. The Morgan fingerprint density at radius 2 is 1.41 bits per heavy atom. The second-order valence-corrected chi connectivity index (χ2v) is 10.3. The van der Waals surface area contributed by atoms with Crippen molar-refractivity contribution in [1.82, 2.24) is 4.57 Å². The SMILES string of the molecule is CC1(C)c2ccccc2-c2cc3c4ccc(-c5cccc(OBO)c5)cc4n(-c4ccccc4)c3cc21. The van der Waals surface area contributed by atoms with Gasteiger partial charge in [0.05, 0.1) is 11.0 Å². The molecule has 0 saturated carbocycles. The average Bonchev–Trinajstić information content (AvgIpc) is 3.37. The lowest BCUT2D eigenvalue weighted by Gasteiger charge is -2.21. The van der Waals surface area contributed by atoms with Gasteiger partial charge in [-0.15, -0.1) is 0 Å². The smallest absolute Gasteiger partial charge is 0.504 e. The highest BCUT2D eigenvalue weighted by Gasteiger charge is 2.36. The molecule has 0 atom stereocenters. The van der Waals surface area contributed by atoms with E-state index in [1.165, 1.54) is 44.1 Å². The van der Waals surface area contributed by atoms with E-state index in [1.807, 2.05) is 18.2 Å². The fraction of sp³-hybridized carbons (Fsp3) is 0.0909. The van der Waals surface area contributed by atoms with Crippen LogP contribution in [0.2, 0.25) is 0 Å². The molecule has 1 heterocycles. The minimum Gasteiger partial charge on any atom is -0.539 e. The van der Waals surface area contributed by atoms with Gasteiger partial charge in [0.25, 0.3) is 0 Å². The molecule has 178 valence electrons. The zero-order valence-corrected chi connectivity index (χ0v) is 20.9. The van der Waals surface area contributed by atoms with E-state index >= 15 is 0 Å². The lowest BCUT2D eigenvalue weighted by atomic mass is 9.82. The van der Waals surface area contributed by atoms with Crippen molar-refractivity contribution < 1.29 is 9.68 Å². The molecule has 1 aromatic heterocycles. The Morgan fingerprint density at radius 3 is 2.24 bits per heavy atom. The van der Waals surface area contributed by atoms with Crippen LogP contribution >= 0.6 is 0 Å². The highest BCUT2D eigenvalue weighted by molar-refractivity contribution is 6.17. The van der Waals surface area contributed by atoms with Crippen molar-refractivity contribution in [2.24, 2.45) is 0 Å². The van der Waals surface area contributed by atoms with E-state index in [1.54, 1.807) is 0 Å². The Labute approximate surface area is 216 Å². The maximum Gasteiger partial charge on any atom is 0.504 e. The van der Waals surface area contributed by atoms with Gasteiger partial charge in [-0.3, -0.25) is 0 Å². The fourth-order valence-electron chi connectivity index (χ4n) is 6.09. The topological polar surface area (TPSA) is 34.4 Å². The molecule has 0 aliphatic heterocycles. The van der Waals surface area contributed by atoms with Crippen LogP contribution in [0, 0.1) is 0 Å². The van der Waals surface area contributed by atoms with Crippen LogP contribution in [0.5, 0.6) is 5.75 Å². The molecule has 0 radical (unpaired) electrons. The molecule has 0 saturated heterocycles. The zero-order valence-electron chi connectivity index (χ0n) is 20.9. The van der Waals surface area contributed by atoms with Crippen molar-refractivity contribution >= 4 is 29.5 Å². The summed E-state index contributed by atoms with van der Waals surface area (Å²) < 4.78 is 7.73. The monoisotopic (exact) mass is 479 g/mol. The predicted octanol–water partition coefficient (Wildman–Crippen LogP) is 7.39. The van der Waals surface area contributed by atoms with E-state index in [-0.39, 0.29) is 13.1 Å². The molecule has 0 fully saturated rings. The summed E-state index contributed by atoms with van der Waals surface area (Å²) in [5.74, 6) is 0.654. The molecular formula is C33H26BNO2. The lowest BCUT2D eigenvalue weighted by Crippen LogP contribution is -2.14. The van der Waals surface area contributed by atoms with Gasteiger partial charge in [-0.25, -0.2) is 0 Å². The molecule has 1 aliphatic rings. The summed E-state index contributed by atoms with van der Waals surface area (Å²) in [5, 5.41) is 11.7. The van der Waals surface area contributed by atoms with E-state index in [9.17, 15) is 5.02 Å². The molecule has 1 aliphatic carbocycles. The third-order valence-electron chi connectivity index (χ3n) is 7.88. The summed E-state index contributed by atoms with van der Waals surface area (Å²) in [4.78, 5) is 0. The Morgan fingerprint density at radius 1 is 0.649 bits per heavy atom. The summed E-state index contributed by atoms with van der Waals surface area (Å²) in [6.07, 6.45) is 0. The predicted molar refractivity (Wildman–Crippen MR) is 154 cm³/mol. The van der Waals surface area contributed by atoms with Gasteiger partial charge in [0.1, 0.15) is 5.75 Å². The normalized spacial score (nSPS) is 13.5. The summed E-state index contributed by atoms with van der Waals surface area (Å²) in [6.45, 7) is 4.66. The van der Waals surface area contributed by atoms with Crippen molar-refractivity contribution in [3.8, 4) is 33.7 Å². The molecule has 7 rings (SSSR count). The molecule has 6 aromatic rings. The largest absolute Gasteiger partial charge is 0.539 e. The maximum atomic E-state index is 9.21. The first-order valence-corrected chi connectivity index (χ1v) is 12.7. The van der Waals surface area contributed by atoms with Gasteiger partial charge < -0.3 is 14.2 Å². The molecule has 1 N–H and O–H groups in total. The number of hydrogen-bond donors (Lipinski definition) is 1. The number of hydrogen-bond acceptors (Lipinski definition) is 2. The van der Waals surface area contributed by atoms with Gasteiger partial charge in [-0.05, 0) is 75.8 Å². The lowest BCUT2D eigenvalue weighted by molar-refractivity contribution is 0.454. The third kappa shape index (κ3) is 3.26. The minimum absolute atomic E-state index is 0.0591. The molecule has 0 bridgehead atoms. The number of para-hydroxylation sites is 1. The Kier molecular flexibility index (Phi) is 4.82. The Hall–Kier alpha value is -4.28. The standard InChI is InChI=1S/C33H26BNO2/c1-33(2)29-14-7-6-13-25(29)27-19-28-26-16-15-22(21-9-8-12-24(17-21)37-34-36)18-31(26)35(32(28)20-30(27)33)23-10-4-3-5-11-23/h3-20,34,36H,1-2H3. The molecule has 5 aromatic carbocycles. The molecule has 0 spiro atoms. The van der Waals surface area contributed by atoms with Crippen LogP contribution in [0.25, 0.3) is 49.7 Å². The average molecular weight is 479 g/mol. The molecule has 0 unspecified atom stereocenters. The van der Waals surface area contributed by atoms with Crippen molar-refractivity contribution in [2.75, 3.05) is 0 Å². The second kappa shape index (κ2) is 8.12. The number of rotatable bonds is 4. The first kappa shape index (κ1) is 22.0. The van der Waals surface area contributed by atoms with Crippen LogP contribution < -0.4 is 4.65 Å². The summed E-state index contributed by atoms with van der Waals surface area (Å²) >= 11 is 0. The quantitative estimate of drug-likeness (QED) is 0.268. The fourth-order valence-corrected chi connectivity index (χ4v) is 6.09. The van der Waals surface area contributed by atoms with E-state index in [0.717, 1.165) is 16.8 Å². The first-order chi connectivity index (χ1) is 18.1. The number of benzene rings is 5. The number of fused-ring (bicyclic) bond motifs is 6. The maximum absolute atomic E-state index is 9.21. The van der Waals surface area contributed by atoms with Gasteiger partial charge in [0, 0.05) is 21.9 Å². The van der Waals surface area contributed by atoms with Gasteiger partial charge >= 0.3 is 7.69 Å². The Balaban J connectivity index is 1.54. The van der Waals surface area contributed by atoms with Gasteiger partial charge in [0.15, 0.2) is 0 Å². The van der Waals surface area contributed by atoms with Crippen molar-refractivity contribution in [2.45, 2.75) is 19.3 Å². The van der Waals surface area contributed by atoms with Crippen molar-refractivity contribution in [3.05, 3.63) is 120 Å². The van der Waals surface area contributed by atoms with E-state index < -0.39 is 0 Å². The summed E-state index contributed by atoms with van der Waals surface area (Å²) in [5.41, 5.74) is 11.1. The van der Waals surface area contributed by atoms with Gasteiger partial charge in [-0.2, -0.15) is 0 Å². The van der Waals surface area contributed by atoms with Crippen molar-refractivity contribution in [1.29, 1.82) is 0 Å². The van der Waals surface area contributed by atoms with Crippen LogP contribution in [-0.2, 0) is 5.41 Å². The highest BCUT2D eigenvalue weighted by atomic mass is 16.5. The number of aromatic nitrogens is 1. The van der Waals surface area contributed by atoms with Crippen LogP contribution in [0.1, 0.15) is 25.0 Å². The summed E-state index contributed by atoms with van der Waals surface area (Å²) in [7, 11) is -0.338. The van der Waals surface area contributed by atoms with Crippen molar-refractivity contribution in [3.63, 3.8) is 0 Å². The third-order valence-corrected chi connectivity index (χ3v) is 7.88. The molecule has 3 nitrogen and oxygen atoms in total. The van der Waals surface area contributed by atoms with Crippen LogP contribution in [0.3, 0.4) is 0 Å². The van der Waals surface area contributed by atoms with Gasteiger partial charge in [0.2, 0.25) is 0 Å². The minimum atomic E-state index is -0.338. The number of nitrogens with zero attached hydrogens (tertiary/aromatic N) is 1. The molecule has 4 heteroatoms. The molecule has 37 heavy (non-hydrogen) atoms. The molecule has 0 amide bonds. The van der Waals surface area contributed by atoms with E-state index in [0.29, 0.717) is 5.75 Å². The van der Waals surface area contributed by atoms with Crippen LogP contribution in [-0.4, -0.2) is 17.3 Å². The highest BCUT2D eigenvalue weighted by Crippen LogP contribution is 2.51. The van der Waals surface area contributed by atoms with E-state index in [2.05, 4.69) is 109 Å².